The van der Waals surface area contributed by atoms with Gasteiger partial charge in [0.15, 0.2) is 0 Å². The molecule has 0 aromatic heterocycles. The molecule has 2 rings (SSSR count). The van der Waals surface area contributed by atoms with E-state index in [-0.39, 0.29) is 0 Å². The second-order valence-electron chi connectivity index (χ2n) is 6.14. The van der Waals surface area contributed by atoms with Crippen LogP contribution >= 0.6 is 0 Å². The van der Waals surface area contributed by atoms with Gasteiger partial charge >= 0.3 is 0 Å². The van der Waals surface area contributed by atoms with Gasteiger partial charge in [-0.25, -0.2) is 0 Å². The number of nitrogens with zero attached hydrogens (tertiary/aromatic N) is 1. The molecule has 0 amide bonds. The van der Waals surface area contributed by atoms with Crippen LogP contribution in [0.25, 0.3) is 0 Å². The number of benzene rings is 1. The van der Waals surface area contributed by atoms with Gasteiger partial charge in [-0.05, 0) is 62.9 Å². The topological polar surface area (TPSA) is 29.3 Å². The monoisotopic (exact) mass is 246 g/mol. The lowest BCUT2D eigenvalue weighted by Gasteiger charge is -2.44. The zero-order valence-corrected chi connectivity index (χ0v) is 12.2. The smallest absolute Gasteiger partial charge is 0.0396 e. The van der Waals surface area contributed by atoms with Crippen LogP contribution in [0.3, 0.4) is 0 Å². The van der Waals surface area contributed by atoms with Crippen LogP contribution in [0, 0.1) is 26.2 Å². The molecule has 1 fully saturated rings. The summed E-state index contributed by atoms with van der Waals surface area (Å²) in [5.41, 5.74) is 11.8. The lowest BCUT2D eigenvalue weighted by atomic mass is 9.68. The van der Waals surface area contributed by atoms with Crippen molar-refractivity contribution in [2.45, 2.75) is 40.0 Å². The van der Waals surface area contributed by atoms with Crippen LogP contribution in [-0.4, -0.2) is 20.1 Å². The van der Waals surface area contributed by atoms with Crippen molar-refractivity contribution in [1.29, 1.82) is 0 Å². The normalized spacial score (nSPS) is 17.4. The van der Waals surface area contributed by atoms with Gasteiger partial charge in [-0.15, -0.1) is 0 Å². The van der Waals surface area contributed by atoms with Gasteiger partial charge in [-0.1, -0.05) is 12.5 Å². The quantitative estimate of drug-likeness (QED) is 0.884. The van der Waals surface area contributed by atoms with Crippen molar-refractivity contribution in [2.24, 2.45) is 11.1 Å². The first kappa shape index (κ1) is 13.4. The van der Waals surface area contributed by atoms with Crippen LogP contribution in [0.1, 0.15) is 36.0 Å². The molecule has 100 valence electrons. The second-order valence-corrected chi connectivity index (χ2v) is 6.14. The standard InChI is InChI=1S/C16H26N2/c1-12-8-14(3)15(9-13(12)2)18(4)11-16(10-17)6-5-7-16/h8-9H,5-7,10-11,17H2,1-4H3. The fourth-order valence-corrected chi connectivity index (χ4v) is 3.05. The van der Waals surface area contributed by atoms with E-state index in [1.165, 1.54) is 41.6 Å². The molecule has 2 nitrogen and oxygen atoms in total. The predicted molar refractivity (Wildman–Crippen MR) is 79.3 cm³/mol. The van der Waals surface area contributed by atoms with Crippen molar-refractivity contribution in [3.05, 3.63) is 28.8 Å². The molecule has 0 saturated heterocycles. The van der Waals surface area contributed by atoms with Gasteiger partial charge in [0.1, 0.15) is 0 Å². The third-order valence-corrected chi connectivity index (χ3v) is 4.64. The van der Waals surface area contributed by atoms with E-state index in [0.717, 1.165) is 13.1 Å². The highest BCUT2D eigenvalue weighted by Gasteiger charge is 2.36. The van der Waals surface area contributed by atoms with Crippen molar-refractivity contribution >= 4 is 5.69 Å². The highest BCUT2D eigenvalue weighted by atomic mass is 15.1. The zero-order chi connectivity index (χ0) is 13.3. The molecular weight excluding hydrogens is 220 g/mol. The summed E-state index contributed by atoms with van der Waals surface area (Å²) in [4.78, 5) is 2.40. The minimum atomic E-state index is 0.375. The lowest BCUT2D eigenvalue weighted by Crippen LogP contribution is -2.46. The van der Waals surface area contributed by atoms with E-state index >= 15 is 0 Å². The molecule has 1 aliphatic rings. The molecule has 0 heterocycles. The average Bonchev–Trinajstić information content (AvgIpc) is 2.28. The van der Waals surface area contributed by atoms with E-state index in [0.29, 0.717) is 5.41 Å². The fourth-order valence-electron chi connectivity index (χ4n) is 3.05. The Hall–Kier alpha value is -1.02. The van der Waals surface area contributed by atoms with Gasteiger partial charge in [0.05, 0.1) is 0 Å². The summed E-state index contributed by atoms with van der Waals surface area (Å²) in [6.45, 7) is 8.48. The molecule has 0 aliphatic heterocycles. The highest BCUT2D eigenvalue weighted by Crippen LogP contribution is 2.41. The SMILES string of the molecule is Cc1cc(C)c(N(C)CC2(CN)CCC2)cc1C. The summed E-state index contributed by atoms with van der Waals surface area (Å²) < 4.78 is 0. The minimum absolute atomic E-state index is 0.375. The average molecular weight is 246 g/mol. The van der Waals surface area contributed by atoms with Crippen molar-refractivity contribution in [3.8, 4) is 0 Å². The van der Waals surface area contributed by atoms with Crippen molar-refractivity contribution in [2.75, 3.05) is 25.0 Å². The number of rotatable bonds is 4. The number of aryl methyl sites for hydroxylation is 3. The first-order valence-electron chi connectivity index (χ1n) is 6.96. The van der Waals surface area contributed by atoms with Gasteiger partial charge < -0.3 is 10.6 Å². The molecule has 1 aromatic rings. The molecule has 2 heteroatoms. The number of hydrogen-bond acceptors (Lipinski definition) is 2. The Balaban J connectivity index is 2.18. The summed E-state index contributed by atoms with van der Waals surface area (Å²) in [6.07, 6.45) is 3.92. The van der Waals surface area contributed by atoms with Gasteiger partial charge in [0.25, 0.3) is 0 Å². The Morgan fingerprint density at radius 1 is 1.11 bits per heavy atom. The maximum absolute atomic E-state index is 5.96. The number of anilines is 1. The Labute approximate surface area is 111 Å². The Bertz CT molecular complexity index is 427. The third-order valence-electron chi connectivity index (χ3n) is 4.64. The fraction of sp³-hybridized carbons (Fsp3) is 0.625. The molecule has 1 aromatic carbocycles. The van der Waals surface area contributed by atoms with Gasteiger partial charge in [-0.2, -0.15) is 0 Å². The Morgan fingerprint density at radius 3 is 2.22 bits per heavy atom. The van der Waals surface area contributed by atoms with Crippen molar-refractivity contribution in [1.82, 2.24) is 0 Å². The van der Waals surface area contributed by atoms with Gasteiger partial charge in [0, 0.05) is 24.7 Å². The van der Waals surface area contributed by atoms with Crippen LogP contribution in [-0.2, 0) is 0 Å². The molecule has 0 bridgehead atoms. The largest absolute Gasteiger partial charge is 0.374 e. The maximum Gasteiger partial charge on any atom is 0.0396 e. The van der Waals surface area contributed by atoms with Crippen LogP contribution in [0.4, 0.5) is 5.69 Å². The molecule has 1 aliphatic carbocycles. The first-order valence-corrected chi connectivity index (χ1v) is 6.96. The second kappa shape index (κ2) is 4.93. The minimum Gasteiger partial charge on any atom is -0.374 e. The number of hydrogen-bond donors (Lipinski definition) is 1. The highest BCUT2D eigenvalue weighted by molar-refractivity contribution is 5.56. The molecule has 18 heavy (non-hydrogen) atoms. The summed E-state index contributed by atoms with van der Waals surface area (Å²) in [7, 11) is 2.20. The van der Waals surface area contributed by atoms with E-state index in [4.69, 9.17) is 5.73 Å². The predicted octanol–water partition coefficient (Wildman–Crippen LogP) is 3.18. The molecule has 1 saturated carbocycles. The van der Waals surface area contributed by atoms with E-state index < -0.39 is 0 Å². The summed E-state index contributed by atoms with van der Waals surface area (Å²) in [5.74, 6) is 0. The zero-order valence-electron chi connectivity index (χ0n) is 12.2. The van der Waals surface area contributed by atoms with Crippen LogP contribution in [0.2, 0.25) is 0 Å². The summed E-state index contributed by atoms with van der Waals surface area (Å²) in [6, 6.07) is 4.60. The Kier molecular flexibility index (Phi) is 3.67. The number of nitrogens with two attached hydrogens (primary N) is 1. The molecule has 0 atom stereocenters. The molecule has 2 N–H and O–H groups in total. The Morgan fingerprint density at radius 2 is 1.72 bits per heavy atom. The molecular formula is C16H26N2. The molecule has 0 unspecified atom stereocenters. The van der Waals surface area contributed by atoms with Crippen LogP contribution in [0.5, 0.6) is 0 Å². The van der Waals surface area contributed by atoms with Crippen molar-refractivity contribution < 1.29 is 0 Å². The van der Waals surface area contributed by atoms with E-state index in [1.54, 1.807) is 0 Å². The third kappa shape index (κ3) is 2.39. The maximum atomic E-state index is 5.96. The summed E-state index contributed by atoms with van der Waals surface area (Å²) >= 11 is 0. The molecule has 0 radical (unpaired) electrons. The van der Waals surface area contributed by atoms with Crippen LogP contribution < -0.4 is 10.6 Å². The molecule has 0 spiro atoms. The summed E-state index contributed by atoms with van der Waals surface area (Å²) in [5, 5.41) is 0. The van der Waals surface area contributed by atoms with Gasteiger partial charge in [0.2, 0.25) is 0 Å². The van der Waals surface area contributed by atoms with Crippen molar-refractivity contribution in [3.63, 3.8) is 0 Å². The van der Waals surface area contributed by atoms with Gasteiger partial charge in [-0.3, -0.25) is 0 Å². The van der Waals surface area contributed by atoms with E-state index in [1.807, 2.05) is 0 Å². The first-order chi connectivity index (χ1) is 8.47. The van der Waals surface area contributed by atoms with Crippen LogP contribution in [0.15, 0.2) is 12.1 Å². The lowest BCUT2D eigenvalue weighted by molar-refractivity contribution is 0.154. The van der Waals surface area contributed by atoms with E-state index in [9.17, 15) is 0 Å². The van der Waals surface area contributed by atoms with E-state index in [2.05, 4.69) is 44.9 Å².